The minimum atomic E-state index is -1.11. The molecular weight excluding hydrogens is 382 g/mol. The fourth-order valence-corrected chi connectivity index (χ4v) is 3.68. The first-order chi connectivity index (χ1) is 14.3. The molecule has 2 aliphatic rings. The van der Waals surface area contributed by atoms with Crippen LogP contribution in [0.15, 0.2) is 54.1 Å². The topological polar surface area (TPSA) is 101 Å². The summed E-state index contributed by atoms with van der Waals surface area (Å²) in [6, 6.07) is 8.41. The Morgan fingerprint density at radius 2 is 1.87 bits per heavy atom. The van der Waals surface area contributed by atoms with Gasteiger partial charge in [-0.3, -0.25) is 19.2 Å². The average Bonchev–Trinajstić information content (AvgIpc) is 3.50. The van der Waals surface area contributed by atoms with Gasteiger partial charge in [0.2, 0.25) is 5.91 Å². The molecule has 2 aliphatic carbocycles. The smallest absolute Gasteiger partial charge is 0.248 e. The fourth-order valence-electron chi connectivity index (χ4n) is 3.68. The van der Waals surface area contributed by atoms with Crippen molar-refractivity contribution in [2.24, 2.45) is 11.3 Å². The lowest BCUT2D eigenvalue weighted by Gasteiger charge is -2.22. The molecule has 3 rings (SSSR count). The highest BCUT2D eigenvalue weighted by atomic mass is 16.3. The lowest BCUT2D eigenvalue weighted by atomic mass is 9.83. The molecule has 1 aromatic rings. The Hall–Kier alpha value is -2.86. The number of hydrogen-bond acceptors (Lipinski definition) is 5. The highest BCUT2D eigenvalue weighted by molar-refractivity contribution is 6.05. The summed E-state index contributed by atoms with van der Waals surface area (Å²) in [4.78, 5) is 49.8. The van der Waals surface area contributed by atoms with Crippen LogP contribution in [0.2, 0.25) is 0 Å². The predicted octanol–water partition coefficient (Wildman–Crippen LogP) is 2.11. The molecule has 0 unspecified atom stereocenters. The standard InChI is InChI=1S/C24H27NO5/c1-24(10-11-24)22(29)18(12-16-6-3-2-4-7-16)14-21(28)20(15-26)25-23(30)17-8-5-9-19(27)13-17/h2-9,18,20,26H,10-15H2,1H3,(H,25,30)/t18-,20+/m1/s1. The van der Waals surface area contributed by atoms with Gasteiger partial charge in [-0.1, -0.05) is 49.4 Å². The van der Waals surface area contributed by atoms with Crippen molar-refractivity contribution < 1.29 is 24.3 Å². The molecule has 6 nitrogen and oxygen atoms in total. The summed E-state index contributed by atoms with van der Waals surface area (Å²) in [5.74, 6) is -1.58. The second-order valence-electron chi connectivity index (χ2n) is 8.38. The summed E-state index contributed by atoms with van der Waals surface area (Å²) in [7, 11) is 0. The first-order valence-electron chi connectivity index (χ1n) is 10.2. The summed E-state index contributed by atoms with van der Waals surface area (Å²) < 4.78 is 0. The van der Waals surface area contributed by atoms with Crippen LogP contribution >= 0.6 is 0 Å². The van der Waals surface area contributed by atoms with Crippen molar-refractivity contribution in [2.45, 2.75) is 45.1 Å². The maximum Gasteiger partial charge on any atom is 0.248 e. The van der Waals surface area contributed by atoms with Crippen LogP contribution in [0.5, 0.6) is 0 Å². The van der Waals surface area contributed by atoms with E-state index in [1.165, 1.54) is 18.2 Å². The minimum Gasteiger partial charge on any atom is -0.394 e. The normalized spacial score (nSPS) is 18.9. The summed E-state index contributed by atoms with van der Waals surface area (Å²) in [5, 5.41) is 12.2. The molecule has 0 aliphatic heterocycles. The van der Waals surface area contributed by atoms with E-state index in [4.69, 9.17) is 0 Å². The number of carbonyl (C=O) groups is 4. The maximum atomic E-state index is 13.0. The minimum absolute atomic E-state index is 0.0395. The largest absolute Gasteiger partial charge is 0.394 e. The zero-order valence-corrected chi connectivity index (χ0v) is 17.1. The Morgan fingerprint density at radius 3 is 2.47 bits per heavy atom. The molecule has 1 fully saturated rings. The highest BCUT2D eigenvalue weighted by Gasteiger charge is 2.47. The molecule has 2 atom stereocenters. The van der Waals surface area contributed by atoms with Crippen molar-refractivity contribution in [2.75, 3.05) is 6.61 Å². The van der Waals surface area contributed by atoms with Crippen LogP contribution in [0.25, 0.3) is 0 Å². The highest BCUT2D eigenvalue weighted by Crippen LogP contribution is 2.48. The van der Waals surface area contributed by atoms with Crippen LogP contribution in [0.4, 0.5) is 0 Å². The molecule has 0 saturated heterocycles. The molecule has 1 saturated carbocycles. The summed E-state index contributed by atoms with van der Waals surface area (Å²) in [6.07, 6.45) is 6.38. The zero-order valence-electron chi connectivity index (χ0n) is 17.1. The van der Waals surface area contributed by atoms with Crippen molar-refractivity contribution >= 4 is 23.3 Å². The Labute approximate surface area is 176 Å². The van der Waals surface area contributed by atoms with Crippen LogP contribution in [-0.4, -0.2) is 41.0 Å². The Morgan fingerprint density at radius 1 is 1.17 bits per heavy atom. The summed E-state index contributed by atoms with van der Waals surface area (Å²) >= 11 is 0. The van der Waals surface area contributed by atoms with E-state index < -0.39 is 24.5 Å². The molecule has 0 spiro atoms. The van der Waals surface area contributed by atoms with Gasteiger partial charge >= 0.3 is 0 Å². The molecule has 30 heavy (non-hydrogen) atoms. The first kappa shape index (κ1) is 21.8. The molecular formula is C24H27NO5. The van der Waals surface area contributed by atoms with E-state index in [1.54, 1.807) is 0 Å². The van der Waals surface area contributed by atoms with Crippen molar-refractivity contribution in [3.63, 3.8) is 0 Å². The van der Waals surface area contributed by atoms with Crippen LogP contribution in [0.1, 0.15) is 38.2 Å². The van der Waals surface area contributed by atoms with Gasteiger partial charge in [0.05, 0.1) is 6.61 Å². The van der Waals surface area contributed by atoms with Gasteiger partial charge in [-0.05, 0) is 30.9 Å². The van der Waals surface area contributed by atoms with E-state index in [9.17, 15) is 24.3 Å². The Balaban J connectivity index is 1.69. The molecule has 2 N–H and O–H groups in total. The van der Waals surface area contributed by atoms with Crippen molar-refractivity contribution in [3.05, 3.63) is 59.7 Å². The number of carbonyl (C=O) groups excluding carboxylic acids is 4. The first-order valence-corrected chi connectivity index (χ1v) is 10.2. The van der Waals surface area contributed by atoms with Crippen molar-refractivity contribution in [1.82, 2.24) is 5.32 Å². The molecule has 0 aromatic heterocycles. The molecule has 0 bridgehead atoms. The van der Waals surface area contributed by atoms with Crippen LogP contribution in [0, 0.1) is 11.3 Å². The van der Waals surface area contributed by atoms with Crippen LogP contribution in [0.3, 0.4) is 0 Å². The molecule has 0 heterocycles. The van der Waals surface area contributed by atoms with Crippen LogP contribution < -0.4 is 5.32 Å². The lowest BCUT2D eigenvalue weighted by molar-refractivity contribution is -0.133. The lowest BCUT2D eigenvalue weighted by Crippen LogP contribution is -2.45. The van der Waals surface area contributed by atoms with Gasteiger partial charge in [0.1, 0.15) is 11.8 Å². The van der Waals surface area contributed by atoms with Gasteiger partial charge in [0.15, 0.2) is 11.6 Å². The quantitative estimate of drug-likeness (QED) is 0.616. The number of allylic oxidation sites excluding steroid dienone is 3. The molecule has 1 amide bonds. The number of benzene rings is 1. The number of aliphatic hydroxyl groups excluding tert-OH is 1. The zero-order chi connectivity index (χ0) is 21.7. The number of amides is 1. The third kappa shape index (κ3) is 5.39. The van der Waals surface area contributed by atoms with Crippen molar-refractivity contribution in [3.8, 4) is 0 Å². The average molecular weight is 409 g/mol. The number of Topliss-reactive ketones (excluding diaryl/α,β-unsaturated/α-hetero) is 2. The van der Waals surface area contributed by atoms with E-state index >= 15 is 0 Å². The molecule has 1 aromatic carbocycles. The van der Waals surface area contributed by atoms with Crippen molar-refractivity contribution in [1.29, 1.82) is 0 Å². The Bertz CT molecular complexity index is 895. The van der Waals surface area contributed by atoms with Gasteiger partial charge in [-0.25, -0.2) is 0 Å². The third-order valence-corrected chi connectivity index (χ3v) is 5.85. The monoisotopic (exact) mass is 409 g/mol. The number of ketones is 3. The molecule has 0 radical (unpaired) electrons. The third-order valence-electron chi connectivity index (χ3n) is 5.85. The van der Waals surface area contributed by atoms with E-state index in [0.29, 0.717) is 6.42 Å². The number of hydrogen-bond donors (Lipinski definition) is 2. The second-order valence-corrected chi connectivity index (χ2v) is 8.38. The van der Waals surface area contributed by atoms with Gasteiger partial charge in [0.25, 0.3) is 0 Å². The molecule has 158 valence electrons. The van der Waals surface area contributed by atoms with E-state index in [1.807, 2.05) is 37.3 Å². The number of nitrogens with one attached hydrogen (secondary N) is 1. The SMILES string of the molecule is CC1(C(=O)[C@@H](CC(=O)[C@H](CO)NC(=O)C2=CC=CC(=O)C2)Cc2ccccc2)CC1. The van der Waals surface area contributed by atoms with E-state index in [0.717, 1.165) is 18.4 Å². The van der Waals surface area contributed by atoms with E-state index in [2.05, 4.69) is 5.32 Å². The number of aliphatic hydroxyl groups is 1. The molecule has 6 heteroatoms. The predicted molar refractivity (Wildman–Crippen MR) is 111 cm³/mol. The second kappa shape index (κ2) is 9.30. The maximum absolute atomic E-state index is 13.0. The van der Waals surface area contributed by atoms with Gasteiger partial charge in [0, 0.05) is 29.7 Å². The fraction of sp³-hybridized carbons (Fsp3) is 0.417. The van der Waals surface area contributed by atoms with Gasteiger partial charge in [-0.15, -0.1) is 0 Å². The van der Waals surface area contributed by atoms with Gasteiger partial charge < -0.3 is 10.4 Å². The van der Waals surface area contributed by atoms with E-state index in [-0.39, 0.29) is 41.2 Å². The summed E-state index contributed by atoms with van der Waals surface area (Å²) in [5.41, 5.74) is 0.836. The van der Waals surface area contributed by atoms with Crippen LogP contribution in [-0.2, 0) is 25.6 Å². The van der Waals surface area contributed by atoms with Gasteiger partial charge in [-0.2, -0.15) is 0 Å². The Kier molecular flexibility index (Phi) is 6.77. The number of rotatable bonds is 10. The summed E-state index contributed by atoms with van der Waals surface area (Å²) in [6.45, 7) is 1.36.